The summed E-state index contributed by atoms with van der Waals surface area (Å²) in [5.74, 6) is 0.137. The first kappa shape index (κ1) is 18.7. The molecule has 0 spiro atoms. The normalized spacial score (nSPS) is 11.1. The summed E-state index contributed by atoms with van der Waals surface area (Å²) in [6, 6.07) is 26.3. The van der Waals surface area contributed by atoms with Gasteiger partial charge in [-0.25, -0.2) is 4.79 Å². The quantitative estimate of drug-likeness (QED) is 0.311. The summed E-state index contributed by atoms with van der Waals surface area (Å²) < 4.78 is 5.69. The molecule has 0 aliphatic rings. The first-order valence-electron chi connectivity index (χ1n) is 9.03. The predicted molar refractivity (Wildman–Crippen MR) is 111 cm³/mol. The number of benzene rings is 3. The highest BCUT2D eigenvalue weighted by Crippen LogP contribution is 2.42. The maximum Gasteiger partial charge on any atom is 0.338 e. The van der Waals surface area contributed by atoms with Crippen molar-refractivity contribution in [2.75, 3.05) is 0 Å². The van der Waals surface area contributed by atoms with E-state index in [9.17, 15) is 4.79 Å². The van der Waals surface area contributed by atoms with Gasteiger partial charge in [0.25, 0.3) is 0 Å². The third kappa shape index (κ3) is 3.85. The number of carbonyl (C=O) groups is 1. The van der Waals surface area contributed by atoms with Crippen molar-refractivity contribution in [1.82, 2.24) is 0 Å². The van der Waals surface area contributed by atoms with Gasteiger partial charge in [-0.05, 0) is 29.7 Å². The van der Waals surface area contributed by atoms with Gasteiger partial charge in [0.2, 0.25) is 0 Å². The van der Waals surface area contributed by atoms with Crippen LogP contribution in [0.15, 0.2) is 91.0 Å². The van der Waals surface area contributed by atoms with Crippen LogP contribution in [0.1, 0.15) is 31.9 Å². The van der Waals surface area contributed by atoms with Crippen LogP contribution in [0.5, 0.6) is 5.75 Å². The van der Waals surface area contributed by atoms with Crippen molar-refractivity contribution in [3.05, 3.63) is 102 Å². The molecule has 2 nitrogen and oxygen atoms in total. The summed E-state index contributed by atoms with van der Waals surface area (Å²) in [5.41, 5.74) is 4.36. The van der Waals surface area contributed by atoms with Gasteiger partial charge < -0.3 is 4.74 Å². The third-order valence-electron chi connectivity index (χ3n) is 4.81. The lowest BCUT2D eigenvalue weighted by atomic mass is 9.75. The van der Waals surface area contributed by atoms with Gasteiger partial charge in [-0.1, -0.05) is 93.2 Å². The van der Waals surface area contributed by atoms with Gasteiger partial charge in [0.05, 0.1) is 0 Å². The van der Waals surface area contributed by atoms with E-state index in [1.807, 2.05) is 60.7 Å². The standard InChI is InChI=1S/C25H24O2/c1-18(2)24(26)27-22-17-11-16-21(23(22)19-12-7-5-8-13-19)25(3,4)20-14-9-6-10-15-20/h5-17H,1H2,2-4H3. The van der Waals surface area contributed by atoms with Crippen LogP contribution in [0.4, 0.5) is 0 Å². The Balaban J connectivity index is 2.22. The minimum Gasteiger partial charge on any atom is -0.423 e. The van der Waals surface area contributed by atoms with Crippen LogP contribution in [0.3, 0.4) is 0 Å². The van der Waals surface area contributed by atoms with Crippen LogP contribution in [0.2, 0.25) is 0 Å². The number of esters is 1. The molecule has 2 heteroatoms. The predicted octanol–water partition coefficient (Wildman–Crippen LogP) is 6.16. The minimum atomic E-state index is -0.415. The summed E-state index contributed by atoms with van der Waals surface area (Å²) >= 11 is 0. The highest BCUT2D eigenvalue weighted by Gasteiger charge is 2.28. The molecule has 0 bridgehead atoms. The monoisotopic (exact) mass is 356 g/mol. The third-order valence-corrected chi connectivity index (χ3v) is 4.81. The molecule has 0 aliphatic carbocycles. The Labute approximate surface area is 161 Å². The Morgan fingerprint density at radius 1 is 0.852 bits per heavy atom. The van der Waals surface area contributed by atoms with Gasteiger partial charge in [0.15, 0.2) is 0 Å². The zero-order valence-corrected chi connectivity index (χ0v) is 16.0. The van der Waals surface area contributed by atoms with Crippen LogP contribution >= 0.6 is 0 Å². The largest absolute Gasteiger partial charge is 0.423 e. The highest BCUT2D eigenvalue weighted by molar-refractivity contribution is 5.90. The SMILES string of the molecule is C=C(C)C(=O)Oc1cccc(C(C)(C)c2ccccc2)c1-c1ccccc1. The van der Waals surface area contributed by atoms with Crippen molar-refractivity contribution in [1.29, 1.82) is 0 Å². The van der Waals surface area contributed by atoms with E-state index in [0.29, 0.717) is 11.3 Å². The summed E-state index contributed by atoms with van der Waals surface area (Å²) in [5, 5.41) is 0. The maximum absolute atomic E-state index is 12.2. The molecule has 0 saturated heterocycles. The van der Waals surface area contributed by atoms with Crippen molar-refractivity contribution in [3.8, 4) is 16.9 Å². The molecular weight excluding hydrogens is 332 g/mol. The Kier molecular flexibility index (Phi) is 5.27. The topological polar surface area (TPSA) is 26.3 Å². The molecule has 0 atom stereocenters. The summed E-state index contributed by atoms with van der Waals surface area (Å²) in [6.45, 7) is 9.73. The second-order valence-corrected chi connectivity index (χ2v) is 7.21. The number of hydrogen-bond acceptors (Lipinski definition) is 2. The van der Waals surface area contributed by atoms with Crippen molar-refractivity contribution in [3.63, 3.8) is 0 Å². The fourth-order valence-corrected chi connectivity index (χ4v) is 3.24. The fraction of sp³-hybridized carbons (Fsp3) is 0.160. The van der Waals surface area contributed by atoms with Crippen molar-refractivity contribution < 1.29 is 9.53 Å². The van der Waals surface area contributed by atoms with E-state index >= 15 is 0 Å². The van der Waals surface area contributed by atoms with Crippen molar-refractivity contribution in [2.24, 2.45) is 0 Å². The Hall–Kier alpha value is -3.13. The number of rotatable bonds is 5. The molecule has 0 aliphatic heterocycles. The second kappa shape index (κ2) is 7.63. The minimum absolute atomic E-state index is 0.266. The van der Waals surface area contributed by atoms with Gasteiger partial charge in [-0.3, -0.25) is 0 Å². The average molecular weight is 356 g/mol. The lowest BCUT2D eigenvalue weighted by molar-refractivity contribution is -0.130. The smallest absolute Gasteiger partial charge is 0.338 e. The number of ether oxygens (including phenoxy) is 1. The maximum atomic E-state index is 12.2. The summed E-state index contributed by atoms with van der Waals surface area (Å²) in [6.07, 6.45) is 0. The first-order chi connectivity index (χ1) is 12.9. The summed E-state index contributed by atoms with van der Waals surface area (Å²) in [4.78, 5) is 12.2. The van der Waals surface area contributed by atoms with E-state index in [1.54, 1.807) is 6.92 Å². The molecule has 0 unspecified atom stereocenters. The van der Waals surface area contributed by atoms with E-state index < -0.39 is 5.97 Å². The van der Waals surface area contributed by atoms with Crippen molar-refractivity contribution in [2.45, 2.75) is 26.2 Å². The Bertz CT molecular complexity index is 954. The van der Waals surface area contributed by atoms with Gasteiger partial charge in [0.1, 0.15) is 5.75 Å². The Morgan fingerprint density at radius 2 is 1.44 bits per heavy atom. The lowest BCUT2D eigenvalue weighted by Gasteiger charge is -2.29. The molecule has 3 aromatic carbocycles. The van der Waals surface area contributed by atoms with E-state index in [4.69, 9.17) is 4.74 Å². The van der Waals surface area contributed by atoms with Gasteiger partial charge in [-0.15, -0.1) is 0 Å². The molecule has 3 aromatic rings. The molecule has 3 rings (SSSR count). The molecule has 0 radical (unpaired) electrons. The number of carbonyl (C=O) groups excluding carboxylic acids is 1. The average Bonchev–Trinajstić information content (AvgIpc) is 2.69. The van der Waals surface area contributed by atoms with E-state index in [0.717, 1.165) is 16.7 Å². The zero-order chi connectivity index (χ0) is 19.4. The molecular formula is C25H24O2. The van der Waals surface area contributed by atoms with Gasteiger partial charge >= 0.3 is 5.97 Å². The molecule has 0 saturated carbocycles. The zero-order valence-electron chi connectivity index (χ0n) is 16.0. The molecule has 0 heterocycles. The second-order valence-electron chi connectivity index (χ2n) is 7.21. The van der Waals surface area contributed by atoms with E-state index in [1.165, 1.54) is 5.56 Å². The summed E-state index contributed by atoms with van der Waals surface area (Å²) in [7, 11) is 0. The van der Waals surface area contributed by atoms with Crippen LogP contribution < -0.4 is 4.74 Å². The van der Waals surface area contributed by atoms with Crippen LogP contribution in [-0.4, -0.2) is 5.97 Å². The molecule has 0 N–H and O–H groups in total. The molecule has 0 aromatic heterocycles. The van der Waals surface area contributed by atoms with Gasteiger partial charge in [0, 0.05) is 16.6 Å². The fourth-order valence-electron chi connectivity index (χ4n) is 3.24. The molecule has 0 amide bonds. The van der Waals surface area contributed by atoms with Crippen LogP contribution in [0, 0.1) is 0 Å². The lowest BCUT2D eigenvalue weighted by Crippen LogP contribution is -2.21. The Morgan fingerprint density at radius 3 is 2.04 bits per heavy atom. The van der Waals surface area contributed by atoms with E-state index in [2.05, 4.69) is 38.6 Å². The molecule has 136 valence electrons. The molecule has 0 fully saturated rings. The first-order valence-corrected chi connectivity index (χ1v) is 9.03. The number of hydrogen-bond donors (Lipinski definition) is 0. The highest BCUT2D eigenvalue weighted by atomic mass is 16.5. The van der Waals surface area contributed by atoms with Crippen molar-refractivity contribution >= 4 is 5.97 Å². The van der Waals surface area contributed by atoms with Gasteiger partial charge in [-0.2, -0.15) is 0 Å². The molecule has 27 heavy (non-hydrogen) atoms. The van der Waals surface area contributed by atoms with Crippen LogP contribution in [0.25, 0.3) is 11.1 Å². The van der Waals surface area contributed by atoms with E-state index in [-0.39, 0.29) is 5.41 Å². The van der Waals surface area contributed by atoms with Crippen LogP contribution in [-0.2, 0) is 10.2 Å².